The lowest BCUT2D eigenvalue weighted by molar-refractivity contribution is 0.00890. The van der Waals surface area contributed by atoms with Crippen LogP contribution in [-0.2, 0) is 11.2 Å². The molecule has 134 valence electrons. The Hall–Kier alpha value is -1.62. The molecule has 1 aliphatic rings. The van der Waals surface area contributed by atoms with Gasteiger partial charge in [-0.2, -0.15) is 0 Å². The fourth-order valence-corrected chi connectivity index (χ4v) is 3.18. The zero-order valence-electron chi connectivity index (χ0n) is 15.5. The van der Waals surface area contributed by atoms with Crippen molar-refractivity contribution < 1.29 is 4.74 Å². The highest BCUT2D eigenvalue weighted by Crippen LogP contribution is 2.34. The van der Waals surface area contributed by atoms with Crippen molar-refractivity contribution in [3.05, 3.63) is 30.1 Å². The molecule has 1 fully saturated rings. The lowest BCUT2D eigenvalue weighted by Crippen LogP contribution is -2.39. The van der Waals surface area contributed by atoms with E-state index in [-0.39, 0.29) is 11.5 Å². The van der Waals surface area contributed by atoms with Gasteiger partial charge in [-0.1, -0.05) is 26.8 Å². The summed E-state index contributed by atoms with van der Waals surface area (Å²) in [6, 6.07) is 6.02. The highest BCUT2D eigenvalue weighted by molar-refractivity contribution is 5.79. The summed E-state index contributed by atoms with van der Waals surface area (Å²) in [5, 5.41) is 6.73. The van der Waals surface area contributed by atoms with Gasteiger partial charge in [0.15, 0.2) is 5.96 Å². The molecule has 2 N–H and O–H groups in total. The van der Waals surface area contributed by atoms with Crippen LogP contribution in [0.1, 0.15) is 39.8 Å². The van der Waals surface area contributed by atoms with E-state index in [2.05, 4.69) is 49.4 Å². The Kier molecular flexibility index (Phi) is 7.03. The van der Waals surface area contributed by atoms with Gasteiger partial charge in [-0.15, -0.1) is 0 Å². The van der Waals surface area contributed by atoms with Crippen LogP contribution in [0.3, 0.4) is 0 Å². The molecule has 24 heavy (non-hydrogen) atoms. The van der Waals surface area contributed by atoms with E-state index in [1.165, 1.54) is 0 Å². The van der Waals surface area contributed by atoms with Crippen molar-refractivity contribution >= 4 is 5.96 Å². The zero-order chi connectivity index (χ0) is 17.4. The summed E-state index contributed by atoms with van der Waals surface area (Å²) in [5.41, 5.74) is 1.26. The average Bonchev–Trinajstić information content (AvgIpc) is 3.02. The molecule has 2 atom stereocenters. The molecule has 0 spiro atoms. The summed E-state index contributed by atoms with van der Waals surface area (Å²) in [6.07, 6.45) is 4.11. The Labute approximate surface area is 146 Å². The summed E-state index contributed by atoms with van der Waals surface area (Å²) in [7, 11) is 0. The zero-order valence-corrected chi connectivity index (χ0v) is 15.5. The number of aromatic nitrogens is 1. The lowest BCUT2D eigenvalue weighted by atomic mass is 9.81. The summed E-state index contributed by atoms with van der Waals surface area (Å²) in [5.74, 6) is 1.38. The minimum atomic E-state index is 0.168. The van der Waals surface area contributed by atoms with Crippen LogP contribution in [0, 0.1) is 11.3 Å². The summed E-state index contributed by atoms with van der Waals surface area (Å²) >= 11 is 0. The van der Waals surface area contributed by atoms with E-state index in [1.54, 1.807) is 0 Å². The van der Waals surface area contributed by atoms with E-state index < -0.39 is 0 Å². The van der Waals surface area contributed by atoms with E-state index in [4.69, 9.17) is 9.73 Å². The molecule has 2 rings (SSSR count). The Bertz CT molecular complexity index is 510. The van der Waals surface area contributed by atoms with Crippen molar-refractivity contribution in [2.24, 2.45) is 16.3 Å². The van der Waals surface area contributed by atoms with Crippen LogP contribution in [-0.4, -0.2) is 43.3 Å². The molecule has 0 bridgehead atoms. The largest absolute Gasteiger partial charge is 0.377 e. The van der Waals surface area contributed by atoms with Gasteiger partial charge in [-0.05, 0) is 30.9 Å². The highest BCUT2D eigenvalue weighted by Gasteiger charge is 2.36. The second-order valence-electron chi connectivity index (χ2n) is 7.42. The maximum absolute atomic E-state index is 5.94. The predicted octanol–water partition coefficient (Wildman–Crippen LogP) is 2.63. The fourth-order valence-electron chi connectivity index (χ4n) is 3.18. The van der Waals surface area contributed by atoms with Gasteiger partial charge in [-0.3, -0.25) is 9.98 Å². The van der Waals surface area contributed by atoms with E-state index >= 15 is 0 Å². The van der Waals surface area contributed by atoms with Crippen molar-refractivity contribution in [2.45, 2.75) is 46.6 Å². The first-order valence-electron chi connectivity index (χ1n) is 9.04. The van der Waals surface area contributed by atoms with Gasteiger partial charge in [0, 0.05) is 50.5 Å². The topological polar surface area (TPSA) is 58.5 Å². The molecule has 0 aliphatic carbocycles. The average molecular weight is 332 g/mol. The van der Waals surface area contributed by atoms with Crippen molar-refractivity contribution in [1.29, 1.82) is 0 Å². The second-order valence-corrected chi connectivity index (χ2v) is 7.42. The van der Waals surface area contributed by atoms with Crippen molar-refractivity contribution in [1.82, 2.24) is 15.6 Å². The number of hydrogen-bond acceptors (Lipinski definition) is 3. The quantitative estimate of drug-likeness (QED) is 0.621. The molecule has 1 aromatic rings. The van der Waals surface area contributed by atoms with Crippen LogP contribution < -0.4 is 10.6 Å². The minimum absolute atomic E-state index is 0.168. The molecule has 1 aromatic heterocycles. The molecule has 5 heteroatoms. The van der Waals surface area contributed by atoms with Gasteiger partial charge >= 0.3 is 0 Å². The van der Waals surface area contributed by atoms with E-state index in [1.807, 2.05) is 18.3 Å². The van der Waals surface area contributed by atoms with Crippen LogP contribution in [0.2, 0.25) is 0 Å². The maximum Gasteiger partial charge on any atom is 0.191 e. The third kappa shape index (κ3) is 5.78. The Balaban J connectivity index is 1.86. The molecule has 2 heterocycles. The molecular formula is C19H32N4O. The number of hydrogen-bond donors (Lipinski definition) is 2. The number of guanidine groups is 1. The smallest absolute Gasteiger partial charge is 0.191 e. The number of ether oxygens (including phenoxy) is 1. The maximum atomic E-state index is 5.94. The first kappa shape index (κ1) is 18.7. The third-order valence-corrected chi connectivity index (χ3v) is 4.30. The number of nitrogens with zero attached hydrogens (tertiary/aromatic N) is 2. The first-order valence-corrected chi connectivity index (χ1v) is 9.04. The highest BCUT2D eigenvalue weighted by atomic mass is 16.5. The fraction of sp³-hybridized carbons (Fsp3) is 0.684. The van der Waals surface area contributed by atoms with E-state index in [0.29, 0.717) is 5.92 Å². The Morgan fingerprint density at radius 2 is 2.17 bits per heavy atom. The van der Waals surface area contributed by atoms with Crippen LogP contribution in [0.4, 0.5) is 0 Å². The third-order valence-electron chi connectivity index (χ3n) is 4.30. The van der Waals surface area contributed by atoms with Gasteiger partial charge in [-0.25, -0.2) is 0 Å². The summed E-state index contributed by atoms with van der Waals surface area (Å²) in [6.45, 7) is 12.2. The molecule has 0 amide bonds. The number of rotatable bonds is 6. The van der Waals surface area contributed by atoms with Crippen LogP contribution >= 0.6 is 0 Å². The normalized spacial score (nSPS) is 21.8. The van der Waals surface area contributed by atoms with Crippen molar-refractivity contribution in [2.75, 3.05) is 26.2 Å². The van der Waals surface area contributed by atoms with Gasteiger partial charge < -0.3 is 15.4 Å². The molecule has 1 saturated heterocycles. The summed E-state index contributed by atoms with van der Waals surface area (Å²) < 4.78 is 5.94. The predicted molar refractivity (Wildman–Crippen MR) is 99.2 cm³/mol. The molecule has 0 radical (unpaired) electrons. The van der Waals surface area contributed by atoms with Crippen molar-refractivity contribution in [3.8, 4) is 0 Å². The monoisotopic (exact) mass is 332 g/mol. The Morgan fingerprint density at radius 3 is 2.83 bits per heavy atom. The van der Waals surface area contributed by atoms with Gasteiger partial charge in [0.25, 0.3) is 0 Å². The van der Waals surface area contributed by atoms with Gasteiger partial charge in [0.2, 0.25) is 0 Å². The van der Waals surface area contributed by atoms with E-state index in [0.717, 1.165) is 50.7 Å². The lowest BCUT2D eigenvalue weighted by Gasteiger charge is -2.30. The minimum Gasteiger partial charge on any atom is -0.377 e. The summed E-state index contributed by atoms with van der Waals surface area (Å²) in [4.78, 5) is 9.14. The molecule has 5 nitrogen and oxygen atoms in total. The molecule has 0 saturated carbocycles. The first-order chi connectivity index (χ1) is 11.5. The van der Waals surface area contributed by atoms with Gasteiger partial charge in [0.1, 0.15) is 0 Å². The SMILES string of the molecule is CCNC(=NCC1CCOC1C(C)(C)C)NCCc1ccccn1. The second kappa shape index (κ2) is 9.02. The van der Waals surface area contributed by atoms with E-state index in [9.17, 15) is 0 Å². The number of nitrogens with one attached hydrogen (secondary N) is 2. The molecule has 0 aromatic carbocycles. The number of pyridine rings is 1. The van der Waals surface area contributed by atoms with Crippen LogP contribution in [0.25, 0.3) is 0 Å². The molecular weight excluding hydrogens is 300 g/mol. The van der Waals surface area contributed by atoms with Gasteiger partial charge in [0.05, 0.1) is 6.10 Å². The number of aliphatic imine (C=N–C) groups is 1. The van der Waals surface area contributed by atoms with Crippen LogP contribution in [0.5, 0.6) is 0 Å². The van der Waals surface area contributed by atoms with Crippen molar-refractivity contribution in [3.63, 3.8) is 0 Å². The Morgan fingerprint density at radius 1 is 1.33 bits per heavy atom. The molecule has 1 aliphatic heterocycles. The molecule has 2 unspecified atom stereocenters. The standard InChI is InChI=1S/C19H32N4O/c1-5-20-18(22-12-9-16-8-6-7-11-21-16)23-14-15-10-13-24-17(15)19(2,3)4/h6-8,11,15,17H,5,9-10,12-14H2,1-4H3,(H2,20,22,23). The van der Waals surface area contributed by atoms with Crippen LogP contribution in [0.15, 0.2) is 29.4 Å².